The van der Waals surface area contributed by atoms with Gasteiger partial charge in [-0.2, -0.15) is 0 Å². The Bertz CT molecular complexity index is 424. The Kier molecular flexibility index (Phi) is 2.38. The average molecular weight is 225 g/mol. The third-order valence-electron chi connectivity index (χ3n) is 2.54. The van der Waals surface area contributed by atoms with Gasteiger partial charge < -0.3 is 4.74 Å². The number of cyclic esters (lactones) is 1. The van der Waals surface area contributed by atoms with Crippen molar-refractivity contribution in [2.24, 2.45) is 0 Å². The number of hydrogen-bond donors (Lipinski definition) is 0. The van der Waals surface area contributed by atoms with Crippen LogP contribution in [0.3, 0.4) is 0 Å². The Labute approximate surface area is 91.6 Å². The van der Waals surface area contributed by atoms with E-state index in [1.807, 2.05) is 20.1 Å². The van der Waals surface area contributed by atoms with E-state index >= 15 is 0 Å². The number of carbonyl (C=O) groups excluding carboxylic acids is 1. The Morgan fingerprint density at radius 3 is 2.80 bits per heavy atom. The first-order chi connectivity index (χ1) is 7.10. The highest BCUT2D eigenvalue weighted by molar-refractivity contribution is 7.98. The average Bonchev–Trinajstić information content (AvgIpc) is 2.52. The Morgan fingerprint density at radius 1 is 1.47 bits per heavy atom. The Hall–Kier alpha value is -1.17. The zero-order valence-corrected chi connectivity index (χ0v) is 9.59. The van der Waals surface area contributed by atoms with Crippen LogP contribution in [0.1, 0.15) is 36.5 Å². The Balaban J connectivity index is 2.57. The number of rotatable bonds is 2. The molecule has 1 aromatic heterocycles. The topological polar surface area (TPSA) is 65.0 Å². The first kappa shape index (κ1) is 10.4. The molecule has 1 aliphatic heterocycles. The minimum absolute atomic E-state index is 0.247. The predicted octanol–water partition coefficient (Wildman–Crippen LogP) is 1.39. The molecular weight excluding hydrogens is 214 g/mol. The molecule has 1 atom stereocenters. The van der Waals surface area contributed by atoms with Crippen molar-refractivity contribution in [2.45, 2.75) is 31.0 Å². The molecule has 0 radical (unpaired) electrons. The fraction of sp³-hybridized carbons (Fsp3) is 0.556. The molecule has 80 valence electrons. The number of nitrogens with zero attached hydrogens (tertiary/aromatic N) is 3. The summed E-state index contributed by atoms with van der Waals surface area (Å²) in [6.07, 6.45) is 2.54. The van der Waals surface area contributed by atoms with Crippen LogP contribution < -0.4 is 0 Å². The van der Waals surface area contributed by atoms with Crippen molar-refractivity contribution in [1.29, 1.82) is 0 Å². The Morgan fingerprint density at radius 2 is 2.20 bits per heavy atom. The first-order valence-corrected chi connectivity index (χ1v) is 5.85. The molecule has 5 nitrogen and oxygen atoms in total. The summed E-state index contributed by atoms with van der Waals surface area (Å²) in [5.74, 6) is -0.429. The second-order valence-corrected chi connectivity index (χ2v) is 4.24. The van der Waals surface area contributed by atoms with E-state index in [-0.39, 0.29) is 5.69 Å². The molecule has 1 unspecified atom stereocenters. The molecule has 0 saturated heterocycles. The first-order valence-electron chi connectivity index (χ1n) is 4.63. The minimum atomic E-state index is -0.646. The number of carbonyl (C=O) groups is 1. The number of aromatic nitrogens is 3. The second-order valence-electron chi connectivity index (χ2n) is 3.47. The summed E-state index contributed by atoms with van der Waals surface area (Å²) in [4.78, 5) is 15.8. The molecule has 0 saturated carbocycles. The highest BCUT2D eigenvalue weighted by Gasteiger charge is 2.43. The number of thioether (sulfide) groups is 1. The van der Waals surface area contributed by atoms with Gasteiger partial charge >= 0.3 is 5.97 Å². The van der Waals surface area contributed by atoms with E-state index in [0.29, 0.717) is 17.3 Å². The van der Waals surface area contributed by atoms with E-state index in [2.05, 4.69) is 15.2 Å². The molecule has 2 rings (SSSR count). The van der Waals surface area contributed by atoms with E-state index in [0.717, 1.165) is 0 Å². The highest BCUT2D eigenvalue weighted by atomic mass is 32.2. The smallest absolute Gasteiger partial charge is 0.361 e. The second kappa shape index (κ2) is 3.44. The van der Waals surface area contributed by atoms with E-state index in [1.54, 1.807) is 0 Å². The number of hydrogen-bond acceptors (Lipinski definition) is 6. The minimum Gasteiger partial charge on any atom is -0.448 e. The lowest BCUT2D eigenvalue weighted by molar-refractivity contribution is -0.00250. The van der Waals surface area contributed by atoms with Crippen molar-refractivity contribution in [3.05, 3.63) is 11.4 Å². The predicted molar refractivity (Wildman–Crippen MR) is 54.7 cm³/mol. The normalized spacial score (nSPS) is 23.8. The van der Waals surface area contributed by atoms with Crippen molar-refractivity contribution in [3.63, 3.8) is 0 Å². The molecule has 1 aromatic rings. The van der Waals surface area contributed by atoms with Gasteiger partial charge in [-0.1, -0.05) is 18.7 Å². The summed E-state index contributed by atoms with van der Waals surface area (Å²) in [5, 5.41) is 8.23. The van der Waals surface area contributed by atoms with E-state index in [9.17, 15) is 4.79 Å². The van der Waals surface area contributed by atoms with Crippen LogP contribution in [0, 0.1) is 0 Å². The molecular formula is C9H11N3O2S. The number of ether oxygens (including phenoxy) is 1. The molecule has 0 bridgehead atoms. The molecule has 2 heterocycles. The summed E-state index contributed by atoms with van der Waals surface area (Å²) in [6, 6.07) is 0. The van der Waals surface area contributed by atoms with Crippen LogP contribution in [-0.4, -0.2) is 27.4 Å². The summed E-state index contributed by atoms with van der Waals surface area (Å²) in [5.41, 5.74) is 0.207. The van der Waals surface area contributed by atoms with Gasteiger partial charge in [0.25, 0.3) is 0 Å². The monoisotopic (exact) mass is 225 g/mol. The van der Waals surface area contributed by atoms with Gasteiger partial charge in [0.15, 0.2) is 11.3 Å². The quantitative estimate of drug-likeness (QED) is 0.559. The SMILES string of the molecule is CCC1(C)OC(=O)c2nnc(SC)nc21. The van der Waals surface area contributed by atoms with Gasteiger partial charge in [0.2, 0.25) is 5.16 Å². The van der Waals surface area contributed by atoms with E-state index in [1.165, 1.54) is 11.8 Å². The van der Waals surface area contributed by atoms with Crippen molar-refractivity contribution in [1.82, 2.24) is 15.2 Å². The molecule has 0 aliphatic carbocycles. The number of esters is 1. The van der Waals surface area contributed by atoms with Gasteiger partial charge in [0.05, 0.1) is 0 Å². The van der Waals surface area contributed by atoms with Crippen LogP contribution in [0.15, 0.2) is 5.16 Å². The van der Waals surface area contributed by atoms with Crippen LogP contribution in [0.4, 0.5) is 0 Å². The van der Waals surface area contributed by atoms with E-state index < -0.39 is 11.6 Å². The number of fused-ring (bicyclic) bond motifs is 1. The maximum atomic E-state index is 11.5. The van der Waals surface area contributed by atoms with Crippen molar-refractivity contribution in [2.75, 3.05) is 6.26 Å². The van der Waals surface area contributed by atoms with Crippen LogP contribution >= 0.6 is 11.8 Å². The molecule has 0 N–H and O–H groups in total. The van der Waals surface area contributed by atoms with Gasteiger partial charge in [0.1, 0.15) is 5.69 Å². The van der Waals surface area contributed by atoms with Crippen molar-refractivity contribution in [3.8, 4) is 0 Å². The fourth-order valence-corrected chi connectivity index (χ4v) is 1.75. The lowest BCUT2D eigenvalue weighted by Crippen LogP contribution is -2.21. The van der Waals surface area contributed by atoms with Crippen LogP contribution in [-0.2, 0) is 10.3 Å². The maximum Gasteiger partial charge on any atom is 0.361 e. The third kappa shape index (κ3) is 1.49. The third-order valence-corrected chi connectivity index (χ3v) is 3.07. The van der Waals surface area contributed by atoms with Gasteiger partial charge in [0, 0.05) is 0 Å². The van der Waals surface area contributed by atoms with Crippen molar-refractivity contribution < 1.29 is 9.53 Å². The zero-order chi connectivity index (χ0) is 11.1. The molecule has 0 aromatic carbocycles. The van der Waals surface area contributed by atoms with Crippen molar-refractivity contribution >= 4 is 17.7 Å². The fourth-order valence-electron chi connectivity index (χ4n) is 1.44. The molecule has 0 fully saturated rings. The molecule has 0 spiro atoms. The van der Waals surface area contributed by atoms with Crippen LogP contribution in [0.5, 0.6) is 0 Å². The summed E-state index contributed by atoms with van der Waals surface area (Å²) in [7, 11) is 0. The lowest BCUT2D eigenvalue weighted by Gasteiger charge is -2.20. The summed E-state index contributed by atoms with van der Waals surface area (Å²) in [6.45, 7) is 3.79. The van der Waals surface area contributed by atoms with Crippen LogP contribution in [0.25, 0.3) is 0 Å². The van der Waals surface area contributed by atoms with Gasteiger partial charge in [-0.3, -0.25) is 0 Å². The molecule has 1 aliphatic rings. The zero-order valence-electron chi connectivity index (χ0n) is 8.77. The standard InChI is InChI=1S/C9H11N3O2S/c1-4-9(2)6-5(7(13)14-9)11-12-8(10-6)15-3/h4H2,1-3H3. The largest absolute Gasteiger partial charge is 0.448 e. The summed E-state index contributed by atoms with van der Waals surface area (Å²) >= 11 is 1.40. The lowest BCUT2D eigenvalue weighted by atomic mass is 10.00. The molecule has 6 heteroatoms. The van der Waals surface area contributed by atoms with Gasteiger partial charge in [-0.15, -0.1) is 10.2 Å². The molecule has 15 heavy (non-hydrogen) atoms. The van der Waals surface area contributed by atoms with E-state index in [4.69, 9.17) is 4.74 Å². The maximum absolute atomic E-state index is 11.5. The highest BCUT2D eigenvalue weighted by Crippen LogP contribution is 2.36. The van der Waals surface area contributed by atoms with Gasteiger partial charge in [-0.25, -0.2) is 9.78 Å². The van der Waals surface area contributed by atoms with Gasteiger partial charge in [-0.05, 0) is 19.6 Å². The van der Waals surface area contributed by atoms with Crippen LogP contribution in [0.2, 0.25) is 0 Å². The summed E-state index contributed by atoms with van der Waals surface area (Å²) < 4.78 is 5.25. The molecule has 0 amide bonds.